The Labute approximate surface area is 93.0 Å². The molecule has 6 heteroatoms. The van der Waals surface area contributed by atoms with Gasteiger partial charge in [0.25, 0.3) is 0 Å². The van der Waals surface area contributed by atoms with Crippen LogP contribution in [-0.4, -0.2) is 50.7 Å². The van der Waals surface area contributed by atoms with Gasteiger partial charge in [-0.1, -0.05) is 15.9 Å². The van der Waals surface area contributed by atoms with Crippen molar-refractivity contribution < 1.29 is 17.9 Å². The first kappa shape index (κ1) is 12.4. The summed E-state index contributed by atoms with van der Waals surface area (Å²) in [5.74, 6) is 0.272. The van der Waals surface area contributed by atoms with E-state index in [1.54, 1.807) is 7.11 Å². The number of hydrogen-bond donors (Lipinski definition) is 0. The smallest absolute Gasteiger partial charge is 0.154 e. The van der Waals surface area contributed by atoms with Crippen LogP contribution in [0, 0.1) is 0 Å². The Bertz CT molecular complexity index is 277. The highest BCUT2D eigenvalue weighted by atomic mass is 79.9. The standard InChI is InChI=1S/C8H15BrO4S/c1-6(3-12-2)13-8-5-14(10,11)4-7(8)9/h6-8H,3-5H2,1-2H3. The van der Waals surface area contributed by atoms with E-state index < -0.39 is 9.84 Å². The molecule has 0 aromatic heterocycles. The number of methoxy groups -OCH3 is 1. The molecular weight excluding hydrogens is 272 g/mol. The summed E-state index contributed by atoms with van der Waals surface area (Å²) in [6.45, 7) is 2.35. The summed E-state index contributed by atoms with van der Waals surface area (Å²) < 4.78 is 33.0. The summed E-state index contributed by atoms with van der Waals surface area (Å²) in [5.41, 5.74) is 0. The summed E-state index contributed by atoms with van der Waals surface area (Å²) in [6, 6.07) is 0. The van der Waals surface area contributed by atoms with E-state index in [1.807, 2.05) is 6.92 Å². The molecule has 1 fully saturated rings. The molecule has 4 nitrogen and oxygen atoms in total. The SMILES string of the molecule is COCC(C)OC1CS(=O)(=O)CC1Br. The van der Waals surface area contributed by atoms with Crippen molar-refractivity contribution in [1.82, 2.24) is 0 Å². The third-order valence-electron chi connectivity index (χ3n) is 2.04. The molecule has 0 saturated carbocycles. The van der Waals surface area contributed by atoms with E-state index in [4.69, 9.17) is 9.47 Å². The van der Waals surface area contributed by atoms with Gasteiger partial charge in [0.05, 0.1) is 35.1 Å². The third-order valence-corrected chi connectivity index (χ3v) is 5.09. The van der Waals surface area contributed by atoms with Gasteiger partial charge in [-0.3, -0.25) is 0 Å². The van der Waals surface area contributed by atoms with Crippen LogP contribution in [0.3, 0.4) is 0 Å². The van der Waals surface area contributed by atoms with Crippen LogP contribution in [0.25, 0.3) is 0 Å². The van der Waals surface area contributed by atoms with Crippen LogP contribution in [0.5, 0.6) is 0 Å². The molecule has 1 rings (SSSR count). The molecule has 0 radical (unpaired) electrons. The van der Waals surface area contributed by atoms with Crippen molar-refractivity contribution in [3.63, 3.8) is 0 Å². The highest BCUT2D eigenvalue weighted by Crippen LogP contribution is 2.23. The minimum absolute atomic E-state index is 0.0710. The molecule has 3 atom stereocenters. The summed E-state index contributed by atoms with van der Waals surface area (Å²) in [5, 5.41) is 0. The zero-order valence-electron chi connectivity index (χ0n) is 8.27. The van der Waals surface area contributed by atoms with E-state index in [-0.39, 0.29) is 28.5 Å². The van der Waals surface area contributed by atoms with Gasteiger partial charge in [-0.25, -0.2) is 8.42 Å². The van der Waals surface area contributed by atoms with Gasteiger partial charge in [0.1, 0.15) is 0 Å². The fourth-order valence-electron chi connectivity index (χ4n) is 1.47. The van der Waals surface area contributed by atoms with Crippen LogP contribution >= 0.6 is 15.9 Å². The number of alkyl halides is 1. The highest BCUT2D eigenvalue weighted by Gasteiger charge is 2.37. The lowest BCUT2D eigenvalue weighted by Crippen LogP contribution is -2.29. The lowest BCUT2D eigenvalue weighted by molar-refractivity contribution is -0.0250. The largest absolute Gasteiger partial charge is 0.382 e. The monoisotopic (exact) mass is 286 g/mol. The number of sulfone groups is 1. The average Bonchev–Trinajstić information content (AvgIpc) is 2.25. The molecule has 1 aliphatic heterocycles. The van der Waals surface area contributed by atoms with E-state index in [9.17, 15) is 8.42 Å². The Hall–Kier alpha value is 0.350. The van der Waals surface area contributed by atoms with Gasteiger partial charge in [0, 0.05) is 7.11 Å². The number of hydrogen-bond acceptors (Lipinski definition) is 4. The molecule has 0 spiro atoms. The predicted molar refractivity (Wildman–Crippen MR) is 57.6 cm³/mol. The molecule has 0 N–H and O–H groups in total. The Morgan fingerprint density at radius 3 is 2.57 bits per heavy atom. The molecule has 0 aliphatic carbocycles. The maximum Gasteiger partial charge on any atom is 0.154 e. The van der Waals surface area contributed by atoms with Crippen LogP contribution < -0.4 is 0 Å². The fourth-order valence-corrected chi connectivity index (χ4v) is 4.88. The number of rotatable bonds is 4. The topological polar surface area (TPSA) is 52.6 Å². The molecule has 3 unspecified atom stereocenters. The van der Waals surface area contributed by atoms with E-state index >= 15 is 0 Å². The fraction of sp³-hybridized carbons (Fsp3) is 1.00. The second-order valence-electron chi connectivity index (χ2n) is 3.53. The van der Waals surface area contributed by atoms with Gasteiger partial charge in [-0.15, -0.1) is 0 Å². The molecule has 1 heterocycles. The van der Waals surface area contributed by atoms with Crippen molar-refractivity contribution >= 4 is 25.8 Å². The van der Waals surface area contributed by atoms with Crippen molar-refractivity contribution in [2.24, 2.45) is 0 Å². The van der Waals surface area contributed by atoms with Crippen molar-refractivity contribution in [3.05, 3.63) is 0 Å². The van der Waals surface area contributed by atoms with Crippen LogP contribution in [-0.2, 0) is 19.3 Å². The summed E-state index contributed by atoms with van der Waals surface area (Å²) >= 11 is 3.31. The number of ether oxygens (including phenoxy) is 2. The minimum atomic E-state index is -2.92. The van der Waals surface area contributed by atoms with E-state index in [0.717, 1.165) is 0 Å². The molecule has 14 heavy (non-hydrogen) atoms. The third kappa shape index (κ3) is 3.49. The zero-order chi connectivity index (χ0) is 10.8. The first-order valence-electron chi connectivity index (χ1n) is 4.43. The summed E-state index contributed by atoms with van der Waals surface area (Å²) in [6.07, 6.45) is -0.316. The van der Waals surface area contributed by atoms with Gasteiger partial charge in [-0.05, 0) is 6.92 Å². The molecule has 1 aliphatic rings. The second-order valence-corrected chi connectivity index (χ2v) is 6.86. The van der Waals surface area contributed by atoms with Crippen molar-refractivity contribution in [1.29, 1.82) is 0 Å². The second kappa shape index (κ2) is 4.92. The summed E-state index contributed by atoms with van der Waals surface area (Å²) in [4.78, 5) is -0.0909. The minimum Gasteiger partial charge on any atom is -0.382 e. The average molecular weight is 287 g/mol. The van der Waals surface area contributed by atoms with E-state index in [0.29, 0.717) is 6.61 Å². The Balaban J connectivity index is 2.46. The van der Waals surface area contributed by atoms with Crippen LogP contribution in [0.1, 0.15) is 6.92 Å². The van der Waals surface area contributed by atoms with Crippen molar-refractivity contribution in [2.45, 2.75) is 24.0 Å². The Morgan fingerprint density at radius 1 is 1.50 bits per heavy atom. The normalized spacial score (nSPS) is 33.1. The van der Waals surface area contributed by atoms with E-state index in [1.165, 1.54) is 0 Å². The van der Waals surface area contributed by atoms with Crippen LogP contribution in [0.2, 0.25) is 0 Å². The van der Waals surface area contributed by atoms with Crippen LogP contribution in [0.15, 0.2) is 0 Å². The lowest BCUT2D eigenvalue weighted by Gasteiger charge is -2.19. The molecule has 1 saturated heterocycles. The zero-order valence-corrected chi connectivity index (χ0v) is 10.7. The molecule has 84 valence electrons. The van der Waals surface area contributed by atoms with Gasteiger partial charge < -0.3 is 9.47 Å². The Morgan fingerprint density at radius 2 is 2.14 bits per heavy atom. The van der Waals surface area contributed by atoms with Gasteiger partial charge in [-0.2, -0.15) is 0 Å². The van der Waals surface area contributed by atoms with E-state index in [2.05, 4.69) is 15.9 Å². The highest BCUT2D eigenvalue weighted by molar-refractivity contribution is 9.09. The molecular formula is C8H15BrO4S. The first-order valence-corrected chi connectivity index (χ1v) is 7.17. The summed E-state index contributed by atoms with van der Waals surface area (Å²) in [7, 11) is -1.32. The van der Waals surface area contributed by atoms with Crippen molar-refractivity contribution in [3.8, 4) is 0 Å². The van der Waals surface area contributed by atoms with Crippen molar-refractivity contribution in [2.75, 3.05) is 25.2 Å². The van der Waals surface area contributed by atoms with Gasteiger partial charge >= 0.3 is 0 Å². The molecule has 0 bridgehead atoms. The molecule has 0 amide bonds. The predicted octanol–water partition coefficient (Wildman–Crippen LogP) is 0.598. The quantitative estimate of drug-likeness (QED) is 0.710. The Kier molecular flexibility index (Phi) is 4.36. The van der Waals surface area contributed by atoms with Gasteiger partial charge in [0.15, 0.2) is 9.84 Å². The molecule has 0 aromatic rings. The molecule has 0 aromatic carbocycles. The van der Waals surface area contributed by atoms with Gasteiger partial charge in [0.2, 0.25) is 0 Å². The lowest BCUT2D eigenvalue weighted by atomic mass is 10.3. The van der Waals surface area contributed by atoms with Crippen LogP contribution in [0.4, 0.5) is 0 Å². The maximum atomic E-state index is 11.2. The first-order chi connectivity index (χ1) is 6.44. The number of halogens is 1. The maximum absolute atomic E-state index is 11.2.